The number of aromatic amines is 2. The molecular formula is C18H23N7O2. The summed E-state index contributed by atoms with van der Waals surface area (Å²) in [7, 11) is 0. The quantitative estimate of drug-likeness (QED) is 0.631. The molecule has 1 amide bonds. The number of amides is 1. The van der Waals surface area contributed by atoms with Crippen LogP contribution in [-0.2, 0) is 6.54 Å². The lowest BCUT2D eigenvalue weighted by molar-refractivity contribution is 0.0931. The van der Waals surface area contributed by atoms with Gasteiger partial charge in [0.05, 0.1) is 6.54 Å². The average molecular weight is 369 g/mol. The number of hydrogen-bond donors (Lipinski definition) is 3. The first-order valence-corrected chi connectivity index (χ1v) is 9.19. The number of nitrogens with one attached hydrogen (secondary N) is 3. The van der Waals surface area contributed by atoms with Crippen molar-refractivity contribution >= 4 is 11.6 Å². The van der Waals surface area contributed by atoms with Crippen molar-refractivity contribution < 1.29 is 4.79 Å². The molecule has 1 fully saturated rings. The number of H-pyrrole nitrogens is 2. The number of nitrogens with zero attached hydrogens (tertiary/aromatic N) is 4. The van der Waals surface area contributed by atoms with Crippen molar-refractivity contribution in [1.82, 2.24) is 34.8 Å². The highest BCUT2D eigenvalue weighted by Gasteiger charge is 2.22. The van der Waals surface area contributed by atoms with E-state index in [0.717, 1.165) is 50.4 Å². The largest absolute Gasteiger partial charge is 0.349 e. The summed E-state index contributed by atoms with van der Waals surface area (Å²) in [6, 6.07) is 1.81. The van der Waals surface area contributed by atoms with Gasteiger partial charge in [0.15, 0.2) is 5.65 Å². The second-order valence-corrected chi connectivity index (χ2v) is 7.02. The zero-order chi connectivity index (χ0) is 18.8. The SMILES string of the molecule is Cc1cc2ncc(C(=O)NC3CCCN(Cc4ncc[nH]4)CC3)c(=O)n2[nH]1. The lowest BCUT2D eigenvalue weighted by Crippen LogP contribution is -2.39. The Morgan fingerprint density at radius 3 is 3.04 bits per heavy atom. The third-order valence-electron chi connectivity index (χ3n) is 4.95. The van der Waals surface area contributed by atoms with Crippen LogP contribution in [0, 0.1) is 6.92 Å². The van der Waals surface area contributed by atoms with Crippen LogP contribution >= 0.6 is 0 Å². The Labute approximate surface area is 155 Å². The number of carbonyl (C=O) groups excluding carboxylic acids is 1. The Morgan fingerprint density at radius 2 is 2.22 bits per heavy atom. The van der Waals surface area contributed by atoms with E-state index >= 15 is 0 Å². The van der Waals surface area contributed by atoms with Crippen LogP contribution in [0.25, 0.3) is 5.65 Å². The third kappa shape index (κ3) is 3.77. The monoisotopic (exact) mass is 369 g/mol. The van der Waals surface area contributed by atoms with E-state index in [4.69, 9.17) is 0 Å². The molecule has 142 valence electrons. The van der Waals surface area contributed by atoms with Crippen LogP contribution in [0.4, 0.5) is 0 Å². The highest BCUT2D eigenvalue weighted by atomic mass is 16.2. The Kier molecular flexibility index (Phi) is 4.76. The molecule has 0 radical (unpaired) electrons. The Balaban J connectivity index is 1.41. The summed E-state index contributed by atoms with van der Waals surface area (Å²) in [5.41, 5.74) is 1.01. The van der Waals surface area contributed by atoms with E-state index in [1.807, 2.05) is 13.1 Å². The molecule has 27 heavy (non-hydrogen) atoms. The summed E-state index contributed by atoms with van der Waals surface area (Å²) in [5, 5.41) is 5.92. The molecule has 0 saturated carbocycles. The molecule has 3 aromatic rings. The van der Waals surface area contributed by atoms with Crippen LogP contribution in [-0.4, -0.2) is 54.5 Å². The number of imidazole rings is 1. The molecule has 0 aliphatic carbocycles. The van der Waals surface area contributed by atoms with Gasteiger partial charge in [0.2, 0.25) is 0 Å². The maximum atomic E-state index is 12.6. The van der Waals surface area contributed by atoms with Gasteiger partial charge in [0.25, 0.3) is 11.5 Å². The molecule has 9 heteroatoms. The van der Waals surface area contributed by atoms with E-state index in [-0.39, 0.29) is 23.1 Å². The van der Waals surface area contributed by atoms with E-state index in [2.05, 4.69) is 30.3 Å². The van der Waals surface area contributed by atoms with Gasteiger partial charge >= 0.3 is 0 Å². The van der Waals surface area contributed by atoms with E-state index < -0.39 is 0 Å². The predicted molar refractivity (Wildman–Crippen MR) is 99.5 cm³/mol. The molecule has 0 spiro atoms. The van der Waals surface area contributed by atoms with E-state index in [9.17, 15) is 9.59 Å². The Morgan fingerprint density at radius 1 is 1.33 bits per heavy atom. The number of aryl methyl sites for hydroxylation is 1. The van der Waals surface area contributed by atoms with Crippen molar-refractivity contribution in [3.8, 4) is 0 Å². The number of hydrogen-bond acceptors (Lipinski definition) is 5. The highest BCUT2D eigenvalue weighted by molar-refractivity contribution is 5.93. The van der Waals surface area contributed by atoms with Gasteiger partial charge in [-0.2, -0.15) is 0 Å². The minimum atomic E-state index is -0.376. The lowest BCUT2D eigenvalue weighted by Gasteiger charge is -2.19. The average Bonchev–Trinajstić information content (AvgIpc) is 3.22. The summed E-state index contributed by atoms with van der Waals surface area (Å²) in [4.78, 5) is 39.1. The van der Waals surface area contributed by atoms with Gasteiger partial charge in [-0.3, -0.25) is 19.6 Å². The van der Waals surface area contributed by atoms with Crippen LogP contribution in [0.3, 0.4) is 0 Å². The second-order valence-electron chi connectivity index (χ2n) is 7.02. The van der Waals surface area contributed by atoms with E-state index in [1.54, 1.807) is 12.3 Å². The zero-order valence-corrected chi connectivity index (χ0v) is 15.2. The number of rotatable bonds is 4. The minimum Gasteiger partial charge on any atom is -0.349 e. The predicted octanol–water partition coefficient (Wildman–Crippen LogP) is 0.839. The molecule has 0 bridgehead atoms. The number of fused-ring (bicyclic) bond motifs is 1. The minimum absolute atomic E-state index is 0.0459. The van der Waals surface area contributed by atoms with Gasteiger partial charge in [-0.1, -0.05) is 0 Å². The van der Waals surface area contributed by atoms with Gasteiger partial charge in [-0.05, 0) is 32.7 Å². The van der Waals surface area contributed by atoms with Crippen LogP contribution < -0.4 is 10.9 Å². The smallest absolute Gasteiger partial charge is 0.285 e. The van der Waals surface area contributed by atoms with Crippen molar-refractivity contribution in [2.45, 2.75) is 38.8 Å². The van der Waals surface area contributed by atoms with Crippen molar-refractivity contribution in [1.29, 1.82) is 0 Å². The van der Waals surface area contributed by atoms with E-state index in [1.165, 1.54) is 10.7 Å². The van der Waals surface area contributed by atoms with Gasteiger partial charge in [0.1, 0.15) is 11.4 Å². The fraction of sp³-hybridized carbons (Fsp3) is 0.444. The van der Waals surface area contributed by atoms with Crippen molar-refractivity contribution in [2.24, 2.45) is 0 Å². The summed E-state index contributed by atoms with van der Waals surface area (Å²) < 4.78 is 1.31. The molecule has 1 aliphatic heterocycles. The number of likely N-dealkylation sites (tertiary alicyclic amines) is 1. The fourth-order valence-corrected chi connectivity index (χ4v) is 3.55. The van der Waals surface area contributed by atoms with Crippen LogP contribution in [0.5, 0.6) is 0 Å². The van der Waals surface area contributed by atoms with Gasteiger partial charge < -0.3 is 10.3 Å². The molecular weight excluding hydrogens is 346 g/mol. The van der Waals surface area contributed by atoms with Crippen LogP contribution in [0.15, 0.2) is 29.5 Å². The molecule has 1 aliphatic rings. The maximum Gasteiger partial charge on any atom is 0.285 e. The normalized spacial score (nSPS) is 18.5. The number of carbonyl (C=O) groups is 1. The van der Waals surface area contributed by atoms with Gasteiger partial charge in [-0.15, -0.1) is 0 Å². The first-order valence-electron chi connectivity index (χ1n) is 9.19. The number of aromatic nitrogens is 5. The molecule has 0 aromatic carbocycles. The molecule has 3 N–H and O–H groups in total. The van der Waals surface area contributed by atoms with Crippen molar-refractivity contribution in [3.05, 3.63) is 52.1 Å². The summed E-state index contributed by atoms with van der Waals surface area (Å²) >= 11 is 0. The van der Waals surface area contributed by atoms with Gasteiger partial charge in [0, 0.05) is 42.9 Å². The molecule has 3 aromatic heterocycles. The molecule has 1 saturated heterocycles. The standard InChI is InChI=1S/C18H23N7O2/c1-12-9-16-21-10-14(18(27)25(16)23-12)17(26)22-13-3-2-7-24(8-4-13)11-15-19-5-6-20-15/h5-6,9-10,13,23H,2-4,7-8,11H2,1H3,(H,19,20)(H,22,26). The van der Waals surface area contributed by atoms with Crippen LogP contribution in [0.1, 0.15) is 41.1 Å². The topological polar surface area (TPSA) is 111 Å². The lowest BCUT2D eigenvalue weighted by atomic mass is 10.1. The van der Waals surface area contributed by atoms with Crippen LogP contribution in [0.2, 0.25) is 0 Å². The first-order chi connectivity index (χ1) is 13.1. The third-order valence-corrected chi connectivity index (χ3v) is 4.95. The molecule has 1 unspecified atom stereocenters. The molecule has 4 rings (SSSR count). The van der Waals surface area contributed by atoms with Crippen molar-refractivity contribution in [2.75, 3.05) is 13.1 Å². The zero-order valence-electron chi connectivity index (χ0n) is 15.2. The first kappa shape index (κ1) is 17.5. The molecule has 4 heterocycles. The van der Waals surface area contributed by atoms with Crippen molar-refractivity contribution in [3.63, 3.8) is 0 Å². The maximum absolute atomic E-state index is 12.6. The van der Waals surface area contributed by atoms with Gasteiger partial charge in [-0.25, -0.2) is 14.5 Å². The van der Waals surface area contributed by atoms with E-state index in [0.29, 0.717) is 5.65 Å². The summed E-state index contributed by atoms with van der Waals surface area (Å²) in [6.45, 7) is 4.46. The summed E-state index contributed by atoms with van der Waals surface area (Å²) in [5.74, 6) is 0.588. The molecule has 1 atom stereocenters. The fourth-order valence-electron chi connectivity index (χ4n) is 3.55. The molecule has 9 nitrogen and oxygen atoms in total. The summed E-state index contributed by atoms with van der Waals surface area (Å²) in [6.07, 6.45) is 7.65. The highest BCUT2D eigenvalue weighted by Crippen LogP contribution is 2.13. The second kappa shape index (κ2) is 7.36. The Bertz CT molecular complexity index is 989. The Hall–Kier alpha value is -2.94.